The molecule has 0 bridgehead atoms. The summed E-state index contributed by atoms with van der Waals surface area (Å²) in [6.45, 7) is 12.8. The Kier molecular flexibility index (Phi) is 6.23. The maximum absolute atomic E-state index is 2.67. The Balaban J connectivity index is 1.90. The van der Waals surface area contributed by atoms with E-state index in [0.29, 0.717) is 6.04 Å². The van der Waals surface area contributed by atoms with Crippen molar-refractivity contribution in [3.8, 4) is 0 Å². The smallest absolute Gasteiger partial charge is 0.0329 e. The zero-order chi connectivity index (χ0) is 15.4. The first kappa shape index (κ1) is 16.9. The fourth-order valence-corrected chi connectivity index (χ4v) is 4.22. The summed E-state index contributed by atoms with van der Waals surface area (Å²) >= 11 is 1.92. The Morgan fingerprint density at radius 2 is 2.10 bits per heavy atom. The molecule has 1 fully saturated rings. The number of thiophene rings is 1. The van der Waals surface area contributed by atoms with E-state index < -0.39 is 0 Å². The Labute approximate surface area is 134 Å². The number of hydrogen-bond acceptors (Lipinski definition) is 4. The second-order valence-electron chi connectivity index (χ2n) is 6.79. The van der Waals surface area contributed by atoms with Crippen molar-refractivity contribution in [1.82, 2.24) is 14.7 Å². The van der Waals surface area contributed by atoms with Gasteiger partial charge in [-0.2, -0.15) is 0 Å². The average Bonchev–Trinajstić information content (AvgIpc) is 2.84. The molecule has 1 aromatic rings. The Bertz CT molecular complexity index is 427. The van der Waals surface area contributed by atoms with Crippen LogP contribution in [0.5, 0.6) is 0 Å². The van der Waals surface area contributed by atoms with Gasteiger partial charge in [0.05, 0.1) is 0 Å². The maximum Gasteiger partial charge on any atom is 0.0329 e. The second kappa shape index (κ2) is 7.73. The predicted octanol–water partition coefficient (Wildman–Crippen LogP) is 3.11. The van der Waals surface area contributed by atoms with Crippen molar-refractivity contribution in [2.24, 2.45) is 0 Å². The van der Waals surface area contributed by atoms with Crippen molar-refractivity contribution in [2.75, 3.05) is 33.7 Å². The van der Waals surface area contributed by atoms with Crippen LogP contribution in [0.15, 0.2) is 11.4 Å². The van der Waals surface area contributed by atoms with Crippen molar-refractivity contribution >= 4 is 11.3 Å². The molecule has 1 saturated heterocycles. The van der Waals surface area contributed by atoms with Crippen LogP contribution in [-0.2, 0) is 13.1 Å². The third-order valence-electron chi connectivity index (χ3n) is 4.33. The van der Waals surface area contributed by atoms with E-state index in [9.17, 15) is 0 Å². The SMILES string of the molecule is CC[C@@H]1CN(Cc2cc(CN(C)C)cs2)CCN1C(C)C. The lowest BCUT2D eigenvalue weighted by Gasteiger charge is -2.43. The lowest BCUT2D eigenvalue weighted by atomic mass is 10.1. The first-order valence-electron chi connectivity index (χ1n) is 8.18. The molecule has 0 N–H and O–H groups in total. The zero-order valence-electron chi connectivity index (χ0n) is 14.3. The summed E-state index contributed by atoms with van der Waals surface area (Å²) in [6, 6.07) is 3.78. The molecule has 0 aromatic carbocycles. The zero-order valence-corrected chi connectivity index (χ0v) is 15.1. The molecule has 0 aliphatic carbocycles. The van der Waals surface area contributed by atoms with Gasteiger partial charge in [0.25, 0.3) is 0 Å². The molecular weight excluding hydrogens is 278 g/mol. The van der Waals surface area contributed by atoms with Gasteiger partial charge < -0.3 is 4.90 Å². The summed E-state index contributed by atoms with van der Waals surface area (Å²) < 4.78 is 0. The third-order valence-corrected chi connectivity index (χ3v) is 5.30. The maximum atomic E-state index is 2.67. The topological polar surface area (TPSA) is 9.72 Å². The van der Waals surface area contributed by atoms with Gasteiger partial charge in [0.15, 0.2) is 0 Å². The van der Waals surface area contributed by atoms with Crippen LogP contribution < -0.4 is 0 Å². The van der Waals surface area contributed by atoms with Gasteiger partial charge in [0.1, 0.15) is 0 Å². The van der Waals surface area contributed by atoms with Crippen molar-refractivity contribution in [1.29, 1.82) is 0 Å². The minimum absolute atomic E-state index is 0.672. The van der Waals surface area contributed by atoms with Crippen LogP contribution in [0.25, 0.3) is 0 Å². The molecule has 0 amide bonds. The van der Waals surface area contributed by atoms with Crippen LogP contribution in [-0.4, -0.2) is 60.5 Å². The molecule has 0 radical (unpaired) electrons. The lowest BCUT2D eigenvalue weighted by Crippen LogP contribution is -2.54. The number of nitrogens with zero attached hydrogens (tertiary/aromatic N) is 3. The van der Waals surface area contributed by atoms with Gasteiger partial charge in [-0.05, 0) is 51.4 Å². The molecule has 0 saturated carbocycles. The van der Waals surface area contributed by atoms with Gasteiger partial charge in [-0.3, -0.25) is 9.80 Å². The largest absolute Gasteiger partial charge is 0.305 e. The molecule has 4 heteroatoms. The van der Waals surface area contributed by atoms with Crippen LogP contribution in [0, 0.1) is 0 Å². The van der Waals surface area contributed by atoms with E-state index in [4.69, 9.17) is 0 Å². The summed E-state index contributed by atoms with van der Waals surface area (Å²) in [5.41, 5.74) is 1.45. The standard InChI is InChI=1S/C17H31N3S/c1-6-16-11-19(7-8-20(16)14(2)3)12-17-9-15(13-21-17)10-18(4)5/h9,13-14,16H,6-8,10-12H2,1-5H3/t16-/m1/s1. The summed E-state index contributed by atoms with van der Waals surface area (Å²) in [5.74, 6) is 0. The number of piperazine rings is 1. The summed E-state index contributed by atoms with van der Waals surface area (Å²) in [7, 11) is 4.27. The Morgan fingerprint density at radius 1 is 1.33 bits per heavy atom. The number of rotatable bonds is 6. The molecule has 0 spiro atoms. The Morgan fingerprint density at radius 3 is 2.71 bits per heavy atom. The number of hydrogen-bond donors (Lipinski definition) is 0. The van der Waals surface area contributed by atoms with Crippen LogP contribution in [0.2, 0.25) is 0 Å². The normalized spacial score (nSPS) is 21.6. The van der Waals surface area contributed by atoms with Gasteiger partial charge in [-0.25, -0.2) is 0 Å². The van der Waals surface area contributed by atoms with Gasteiger partial charge in [-0.15, -0.1) is 11.3 Å². The minimum Gasteiger partial charge on any atom is -0.305 e. The molecule has 2 rings (SSSR count). The van der Waals surface area contributed by atoms with E-state index in [0.717, 1.165) is 19.1 Å². The molecule has 1 aliphatic heterocycles. The summed E-state index contributed by atoms with van der Waals surface area (Å²) in [6.07, 6.45) is 1.25. The highest BCUT2D eigenvalue weighted by atomic mass is 32.1. The fraction of sp³-hybridized carbons (Fsp3) is 0.765. The van der Waals surface area contributed by atoms with Crippen molar-refractivity contribution in [3.05, 3.63) is 21.9 Å². The minimum atomic E-state index is 0.672. The molecular formula is C17H31N3S. The van der Waals surface area contributed by atoms with Gasteiger partial charge in [0, 0.05) is 49.7 Å². The molecule has 1 aliphatic rings. The molecule has 2 heterocycles. The van der Waals surface area contributed by atoms with Gasteiger partial charge >= 0.3 is 0 Å². The van der Waals surface area contributed by atoms with E-state index in [1.807, 2.05) is 11.3 Å². The molecule has 120 valence electrons. The predicted molar refractivity (Wildman–Crippen MR) is 92.9 cm³/mol. The fourth-order valence-electron chi connectivity index (χ4n) is 3.30. The van der Waals surface area contributed by atoms with Crippen molar-refractivity contribution < 1.29 is 0 Å². The van der Waals surface area contributed by atoms with E-state index in [-0.39, 0.29) is 0 Å². The first-order chi connectivity index (χ1) is 9.99. The molecule has 3 nitrogen and oxygen atoms in total. The molecule has 0 unspecified atom stereocenters. The monoisotopic (exact) mass is 309 g/mol. The highest BCUT2D eigenvalue weighted by Gasteiger charge is 2.27. The quantitative estimate of drug-likeness (QED) is 0.799. The van der Waals surface area contributed by atoms with Gasteiger partial charge in [-0.1, -0.05) is 6.92 Å². The van der Waals surface area contributed by atoms with E-state index in [2.05, 4.69) is 61.0 Å². The van der Waals surface area contributed by atoms with Crippen LogP contribution in [0.1, 0.15) is 37.6 Å². The van der Waals surface area contributed by atoms with E-state index in [1.165, 1.54) is 36.5 Å². The van der Waals surface area contributed by atoms with Crippen LogP contribution in [0.3, 0.4) is 0 Å². The average molecular weight is 310 g/mol. The molecule has 1 aromatic heterocycles. The van der Waals surface area contributed by atoms with Crippen LogP contribution >= 0.6 is 11.3 Å². The second-order valence-corrected chi connectivity index (χ2v) is 7.78. The van der Waals surface area contributed by atoms with Crippen molar-refractivity contribution in [2.45, 2.75) is 52.4 Å². The highest BCUT2D eigenvalue weighted by molar-refractivity contribution is 7.10. The van der Waals surface area contributed by atoms with Crippen LogP contribution in [0.4, 0.5) is 0 Å². The summed E-state index contributed by atoms with van der Waals surface area (Å²) in [5, 5.41) is 2.32. The third kappa shape index (κ3) is 4.78. The lowest BCUT2D eigenvalue weighted by molar-refractivity contribution is 0.0461. The molecule has 1 atom stereocenters. The Hall–Kier alpha value is -0.420. The summed E-state index contributed by atoms with van der Waals surface area (Å²) in [4.78, 5) is 9.06. The molecule has 21 heavy (non-hydrogen) atoms. The van der Waals surface area contributed by atoms with Crippen molar-refractivity contribution in [3.63, 3.8) is 0 Å². The van der Waals surface area contributed by atoms with E-state index in [1.54, 1.807) is 0 Å². The highest BCUT2D eigenvalue weighted by Crippen LogP contribution is 2.21. The van der Waals surface area contributed by atoms with Gasteiger partial charge in [0.2, 0.25) is 0 Å². The first-order valence-corrected chi connectivity index (χ1v) is 9.06. The van der Waals surface area contributed by atoms with E-state index >= 15 is 0 Å².